The minimum absolute atomic E-state index is 0.0806. The minimum Gasteiger partial charge on any atom is -0.359 e. The van der Waals surface area contributed by atoms with E-state index in [1.54, 1.807) is 7.05 Å². The van der Waals surface area contributed by atoms with Gasteiger partial charge in [-0.15, -0.1) is 0 Å². The van der Waals surface area contributed by atoms with Crippen LogP contribution in [0.3, 0.4) is 0 Å². The second kappa shape index (κ2) is 10.5. The van der Waals surface area contributed by atoms with Crippen molar-refractivity contribution in [2.45, 2.75) is 51.6 Å². The highest BCUT2D eigenvalue weighted by Gasteiger charge is 2.25. The molecule has 156 valence electrons. The Balaban J connectivity index is 1.82. The van der Waals surface area contributed by atoms with Crippen molar-refractivity contribution in [1.29, 1.82) is 0 Å². The third-order valence-electron chi connectivity index (χ3n) is 5.47. The Kier molecular flexibility index (Phi) is 8.30. The summed E-state index contributed by atoms with van der Waals surface area (Å²) >= 11 is 0. The molecule has 6 nitrogen and oxygen atoms in total. The Hall–Kier alpha value is -2.08. The maximum absolute atomic E-state index is 11.6. The van der Waals surface area contributed by atoms with Gasteiger partial charge in [0, 0.05) is 51.7 Å². The number of benzene rings is 1. The fourth-order valence-electron chi connectivity index (χ4n) is 3.81. The molecule has 1 aliphatic rings. The zero-order chi connectivity index (χ0) is 20.6. The van der Waals surface area contributed by atoms with E-state index < -0.39 is 0 Å². The van der Waals surface area contributed by atoms with E-state index in [1.165, 1.54) is 5.56 Å². The molecule has 28 heavy (non-hydrogen) atoms. The van der Waals surface area contributed by atoms with Crippen molar-refractivity contribution in [3.05, 3.63) is 35.9 Å². The van der Waals surface area contributed by atoms with Gasteiger partial charge in [-0.05, 0) is 45.1 Å². The van der Waals surface area contributed by atoms with Crippen LogP contribution < -0.4 is 16.0 Å². The quantitative estimate of drug-likeness (QED) is 0.497. The molecule has 0 saturated carbocycles. The number of likely N-dealkylation sites (tertiary alicyclic amines) is 1. The van der Waals surface area contributed by atoms with Crippen LogP contribution in [0, 0.1) is 5.92 Å². The summed E-state index contributed by atoms with van der Waals surface area (Å²) in [6, 6.07) is 10.8. The molecule has 1 amide bonds. The molecule has 1 heterocycles. The van der Waals surface area contributed by atoms with Crippen LogP contribution in [-0.4, -0.2) is 56.0 Å². The first-order chi connectivity index (χ1) is 13.3. The highest BCUT2D eigenvalue weighted by Crippen LogP contribution is 2.21. The number of hydrogen-bond acceptors (Lipinski definition) is 3. The van der Waals surface area contributed by atoms with Crippen LogP contribution in [-0.2, 0) is 4.79 Å². The first-order valence-electron chi connectivity index (χ1n) is 10.3. The second-order valence-corrected chi connectivity index (χ2v) is 8.37. The van der Waals surface area contributed by atoms with Gasteiger partial charge < -0.3 is 20.9 Å². The lowest BCUT2D eigenvalue weighted by atomic mass is 9.93. The molecule has 0 aliphatic carbocycles. The van der Waals surface area contributed by atoms with Crippen molar-refractivity contribution < 1.29 is 4.79 Å². The Morgan fingerprint density at radius 1 is 1.25 bits per heavy atom. The number of nitrogens with one attached hydrogen (secondary N) is 3. The summed E-state index contributed by atoms with van der Waals surface area (Å²) in [6.45, 7) is 9.29. The maximum atomic E-state index is 11.6. The van der Waals surface area contributed by atoms with E-state index in [0.29, 0.717) is 12.3 Å². The van der Waals surface area contributed by atoms with Gasteiger partial charge in [0.05, 0.1) is 0 Å². The Morgan fingerprint density at radius 3 is 2.46 bits per heavy atom. The number of rotatable bonds is 7. The molecule has 0 bridgehead atoms. The Morgan fingerprint density at radius 2 is 1.89 bits per heavy atom. The number of carbonyl (C=O) groups is 1. The number of hydrogen-bond donors (Lipinski definition) is 3. The lowest BCUT2D eigenvalue weighted by molar-refractivity contribution is -0.121. The van der Waals surface area contributed by atoms with Crippen molar-refractivity contribution in [2.24, 2.45) is 10.9 Å². The molecule has 0 radical (unpaired) electrons. The van der Waals surface area contributed by atoms with Crippen molar-refractivity contribution in [3.8, 4) is 0 Å². The largest absolute Gasteiger partial charge is 0.359 e. The van der Waals surface area contributed by atoms with Gasteiger partial charge in [-0.3, -0.25) is 9.79 Å². The number of amides is 1. The van der Waals surface area contributed by atoms with Crippen LogP contribution >= 0.6 is 0 Å². The SMILES string of the molecule is CN=C(NCC(C)(C)NC(C)c1ccccc1)N1CCC(CC(=O)NC)CC1. The Labute approximate surface area is 170 Å². The molecule has 1 fully saturated rings. The van der Waals surface area contributed by atoms with Crippen molar-refractivity contribution >= 4 is 11.9 Å². The summed E-state index contributed by atoms with van der Waals surface area (Å²) in [5, 5.41) is 9.97. The average molecular weight is 388 g/mol. The molecule has 3 N–H and O–H groups in total. The van der Waals surface area contributed by atoms with Gasteiger partial charge in [0.2, 0.25) is 5.91 Å². The highest BCUT2D eigenvalue weighted by molar-refractivity contribution is 5.80. The van der Waals surface area contributed by atoms with Gasteiger partial charge in [-0.2, -0.15) is 0 Å². The summed E-state index contributed by atoms with van der Waals surface area (Å²) in [5.41, 5.74) is 1.21. The van der Waals surface area contributed by atoms with Gasteiger partial charge in [0.15, 0.2) is 5.96 Å². The third-order valence-corrected chi connectivity index (χ3v) is 5.47. The van der Waals surface area contributed by atoms with Crippen LogP contribution in [0.25, 0.3) is 0 Å². The van der Waals surface area contributed by atoms with E-state index in [-0.39, 0.29) is 17.5 Å². The van der Waals surface area contributed by atoms with Gasteiger partial charge in [-0.25, -0.2) is 0 Å². The van der Waals surface area contributed by atoms with Crippen LogP contribution in [0.15, 0.2) is 35.3 Å². The molecule has 1 aromatic carbocycles. The van der Waals surface area contributed by atoms with E-state index in [2.05, 4.69) is 70.9 Å². The Bertz CT molecular complexity index is 636. The van der Waals surface area contributed by atoms with E-state index in [4.69, 9.17) is 0 Å². The van der Waals surface area contributed by atoms with Crippen LogP contribution in [0.1, 0.15) is 51.6 Å². The van der Waals surface area contributed by atoms with Crippen molar-refractivity contribution in [2.75, 3.05) is 33.7 Å². The van der Waals surface area contributed by atoms with Crippen molar-refractivity contribution in [3.63, 3.8) is 0 Å². The topological polar surface area (TPSA) is 68.8 Å². The van der Waals surface area contributed by atoms with Gasteiger partial charge in [-0.1, -0.05) is 30.3 Å². The zero-order valence-electron chi connectivity index (χ0n) is 18.1. The maximum Gasteiger partial charge on any atom is 0.220 e. The highest BCUT2D eigenvalue weighted by atomic mass is 16.1. The van der Waals surface area contributed by atoms with Crippen LogP contribution in [0.5, 0.6) is 0 Å². The smallest absolute Gasteiger partial charge is 0.220 e. The predicted molar refractivity (Wildman–Crippen MR) is 116 cm³/mol. The molecule has 2 rings (SSSR count). The summed E-state index contributed by atoms with van der Waals surface area (Å²) in [5.74, 6) is 1.56. The monoisotopic (exact) mass is 387 g/mol. The summed E-state index contributed by atoms with van der Waals surface area (Å²) in [4.78, 5) is 18.4. The number of carbonyl (C=O) groups excluding carboxylic acids is 1. The average Bonchev–Trinajstić information content (AvgIpc) is 2.69. The van der Waals surface area contributed by atoms with Crippen molar-refractivity contribution in [1.82, 2.24) is 20.9 Å². The molecule has 6 heteroatoms. The number of nitrogens with zero attached hydrogens (tertiary/aromatic N) is 2. The second-order valence-electron chi connectivity index (χ2n) is 8.37. The number of piperidine rings is 1. The molecule has 1 atom stereocenters. The van der Waals surface area contributed by atoms with E-state index in [1.807, 2.05) is 13.1 Å². The molecule has 0 aromatic heterocycles. The zero-order valence-corrected chi connectivity index (χ0v) is 18.1. The van der Waals surface area contributed by atoms with Crippen LogP contribution in [0.4, 0.5) is 0 Å². The summed E-state index contributed by atoms with van der Waals surface area (Å²) in [6.07, 6.45) is 2.69. The predicted octanol–water partition coefficient (Wildman–Crippen LogP) is 2.54. The first kappa shape index (κ1) is 22.2. The van der Waals surface area contributed by atoms with E-state index in [0.717, 1.165) is 38.4 Å². The fraction of sp³-hybridized carbons (Fsp3) is 0.636. The molecule has 0 spiro atoms. The van der Waals surface area contributed by atoms with Gasteiger partial charge in [0.25, 0.3) is 0 Å². The normalized spacial score (nSPS) is 17.3. The van der Waals surface area contributed by atoms with Gasteiger partial charge >= 0.3 is 0 Å². The molecular weight excluding hydrogens is 350 g/mol. The summed E-state index contributed by atoms with van der Waals surface area (Å²) in [7, 11) is 3.55. The lowest BCUT2D eigenvalue weighted by Crippen LogP contribution is -2.54. The first-order valence-corrected chi connectivity index (χ1v) is 10.3. The minimum atomic E-state index is -0.0806. The standard InChI is InChI=1S/C22H37N5O/c1-17(19-9-7-6-8-10-19)26-22(2,3)16-25-21(24-5)27-13-11-18(12-14-27)15-20(28)23-4/h6-10,17-18,26H,11-16H2,1-5H3,(H,23,28)(H,24,25). The number of aliphatic imine (C=N–C) groups is 1. The van der Waals surface area contributed by atoms with E-state index >= 15 is 0 Å². The van der Waals surface area contributed by atoms with Crippen LogP contribution in [0.2, 0.25) is 0 Å². The molecule has 1 aliphatic heterocycles. The third kappa shape index (κ3) is 6.82. The molecular formula is C22H37N5O. The van der Waals surface area contributed by atoms with Gasteiger partial charge in [0.1, 0.15) is 0 Å². The lowest BCUT2D eigenvalue weighted by Gasteiger charge is -2.36. The molecule has 1 unspecified atom stereocenters. The molecule has 1 saturated heterocycles. The van der Waals surface area contributed by atoms with E-state index in [9.17, 15) is 4.79 Å². The number of guanidine groups is 1. The molecule has 1 aromatic rings. The fourth-order valence-corrected chi connectivity index (χ4v) is 3.81. The summed E-state index contributed by atoms with van der Waals surface area (Å²) < 4.78 is 0.